The van der Waals surface area contributed by atoms with Crippen LogP contribution in [0.3, 0.4) is 0 Å². The Hall–Kier alpha value is -2.67. The van der Waals surface area contributed by atoms with Gasteiger partial charge in [-0.1, -0.05) is 30.3 Å². The number of aryl methyl sites for hydroxylation is 1. The number of nitrogens with one attached hydrogen (secondary N) is 2. The molecule has 1 atom stereocenters. The van der Waals surface area contributed by atoms with E-state index in [1.54, 1.807) is 31.2 Å². The first kappa shape index (κ1) is 19.1. The molecule has 6 nitrogen and oxygen atoms in total. The van der Waals surface area contributed by atoms with Gasteiger partial charge in [0.15, 0.2) is 0 Å². The van der Waals surface area contributed by atoms with Crippen molar-refractivity contribution < 1.29 is 19.1 Å². The van der Waals surface area contributed by atoms with Gasteiger partial charge in [-0.3, -0.25) is 9.59 Å². The van der Waals surface area contributed by atoms with E-state index in [0.29, 0.717) is 16.1 Å². The number of anilines is 1. The maximum atomic E-state index is 12.9. The lowest BCUT2D eigenvalue weighted by Crippen LogP contribution is -2.33. The molecule has 1 aromatic heterocycles. The van der Waals surface area contributed by atoms with Gasteiger partial charge < -0.3 is 15.4 Å². The van der Waals surface area contributed by atoms with Crippen molar-refractivity contribution in [1.29, 1.82) is 0 Å². The average molecular weight is 386 g/mol. The zero-order chi connectivity index (χ0) is 19.6. The first-order valence-corrected chi connectivity index (χ1v) is 9.62. The summed E-state index contributed by atoms with van der Waals surface area (Å²) in [5, 5.41) is 6.01. The van der Waals surface area contributed by atoms with Crippen LogP contribution in [-0.4, -0.2) is 23.8 Å². The number of amides is 2. The highest BCUT2D eigenvalue weighted by Crippen LogP contribution is 2.34. The summed E-state index contributed by atoms with van der Waals surface area (Å²) >= 11 is 1.32. The maximum Gasteiger partial charge on any atom is 0.342 e. The summed E-state index contributed by atoms with van der Waals surface area (Å²) in [5.74, 6) is -1.22. The van der Waals surface area contributed by atoms with Crippen molar-refractivity contribution in [3.63, 3.8) is 0 Å². The lowest BCUT2D eigenvalue weighted by molar-refractivity contribution is -0.130. The van der Waals surface area contributed by atoms with Gasteiger partial charge in [0, 0.05) is 23.4 Å². The number of rotatable bonds is 6. The second kappa shape index (κ2) is 7.92. The summed E-state index contributed by atoms with van der Waals surface area (Å²) in [4.78, 5) is 38.0. The largest absolute Gasteiger partial charge is 0.444 e. The fraction of sp³-hybridized carbons (Fsp3) is 0.350. The summed E-state index contributed by atoms with van der Waals surface area (Å²) in [6.07, 6.45) is 0.844. The minimum atomic E-state index is -1.04. The van der Waals surface area contributed by atoms with Crippen LogP contribution in [0.5, 0.6) is 0 Å². The Balaban J connectivity index is 1.88. The molecule has 0 spiro atoms. The topological polar surface area (TPSA) is 84.5 Å². The Morgan fingerprint density at radius 1 is 1.15 bits per heavy atom. The van der Waals surface area contributed by atoms with Crippen molar-refractivity contribution in [2.75, 3.05) is 5.32 Å². The zero-order valence-electron chi connectivity index (χ0n) is 15.5. The fourth-order valence-corrected chi connectivity index (χ4v) is 3.79. The van der Waals surface area contributed by atoms with Crippen LogP contribution in [0.2, 0.25) is 0 Å². The molecule has 3 rings (SSSR count). The molecule has 2 amide bonds. The van der Waals surface area contributed by atoms with Crippen molar-refractivity contribution >= 4 is 34.1 Å². The number of thiophene rings is 1. The summed E-state index contributed by atoms with van der Waals surface area (Å²) in [5.41, 5.74) is 1.64. The lowest BCUT2D eigenvalue weighted by Gasteiger charge is -2.18. The van der Waals surface area contributed by atoms with Gasteiger partial charge in [0.1, 0.15) is 5.00 Å². The van der Waals surface area contributed by atoms with Crippen molar-refractivity contribution in [3.8, 4) is 0 Å². The molecule has 142 valence electrons. The van der Waals surface area contributed by atoms with Gasteiger partial charge in [0.2, 0.25) is 12.0 Å². The SMILES string of the molecule is CC(=O)Nc1sc(C)c(C)c1C(=O)O[C@H](C(=O)NC1CC1)c1ccccc1. The van der Waals surface area contributed by atoms with E-state index in [4.69, 9.17) is 4.74 Å². The predicted octanol–water partition coefficient (Wildman–Crippen LogP) is 3.50. The molecule has 1 heterocycles. The van der Waals surface area contributed by atoms with Crippen LogP contribution in [0.15, 0.2) is 30.3 Å². The molecule has 2 N–H and O–H groups in total. The number of carbonyl (C=O) groups is 3. The molecule has 1 aromatic carbocycles. The smallest absolute Gasteiger partial charge is 0.342 e. The molecule has 1 aliphatic rings. The van der Waals surface area contributed by atoms with Gasteiger partial charge in [0.05, 0.1) is 5.56 Å². The van der Waals surface area contributed by atoms with Crippen molar-refractivity contribution in [1.82, 2.24) is 5.32 Å². The van der Waals surface area contributed by atoms with E-state index in [9.17, 15) is 14.4 Å². The second-order valence-corrected chi connectivity index (χ2v) is 7.87. The summed E-state index contributed by atoms with van der Waals surface area (Å²) < 4.78 is 5.63. The first-order valence-electron chi connectivity index (χ1n) is 8.80. The molecular formula is C20H22N2O4S. The van der Waals surface area contributed by atoms with Crippen molar-refractivity contribution in [3.05, 3.63) is 51.9 Å². The molecule has 1 aliphatic carbocycles. The van der Waals surface area contributed by atoms with E-state index in [1.165, 1.54) is 18.3 Å². The highest BCUT2D eigenvalue weighted by molar-refractivity contribution is 7.16. The normalized spacial score (nSPS) is 14.3. The van der Waals surface area contributed by atoms with Crippen LogP contribution in [-0.2, 0) is 14.3 Å². The Kier molecular flexibility index (Phi) is 5.60. The van der Waals surface area contributed by atoms with Gasteiger partial charge in [-0.25, -0.2) is 4.79 Å². The van der Waals surface area contributed by atoms with Crippen LogP contribution in [0, 0.1) is 13.8 Å². The first-order chi connectivity index (χ1) is 12.9. The Labute approximate surface area is 161 Å². The third-order valence-electron chi connectivity index (χ3n) is 4.37. The molecule has 7 heteroatoms. The van der Waals surface area contributed by atoms with Crippen LogP contribution >= 0.6 is 11.3 Å². The fourth-order valence-electron chi connectivity index (χ4n) is 2.69. The maximum absolute atomic E-state index is 12.9. The van der Waals surface area contributed by atoms with Crippen LogP contribution in [0.1, 0.15) is 52.2 Å². The number of esters is 1. The standard InChI is InChI=1S/C20H22N2O4S/c1-11-12(2)27-19(21-13(3)23)16(11)20(25)26-17(14-7-5-4-6-8-14)18(24)22-15-9-10-15/h4-8,15,17H,9-10H2,1-3H3,(H,21,23)(H,22,24)/t17-/m0/s1. The molecule has 2 aromatic rings. The minimum Gasteiger partial charge on any atom is -0.444 e. The van der Waals surface area contributed by atoms with Gasteiger partial charge in [-0.15, -0.1) is 11.3 Å². The van der Waals surface area contributed by atoms with E-state index in [0.717, 1.165) is 23.3 Å². The van der Waals surface area contributed by atoms with Gasteiger partial charge >= 0.3 is 5.97 Å². The van der Waals surface area contributed by atoms with Crippen LogP contribution in [0.4, 0.5) is 5.00 Å². The van der Waals surface area contributed by atoms with Crippen molar-refractivity contribution in [2.24, 2.45) is 0 Å². The van der Waals surface area contributed by atoms with E-state index in [1.807, 2.05) is 13.0 Å². The Morgan fingerprint density at radius 3 is 2.41 bits per heavy atom. The predicted molar refractivity (Wildman–Crippen MR) is 104 cm³/mol. The molecule has 0 radical (unpaired) electrons. The van der Waals surface area contributed by atoms with Crippen LogP contribution in [0.25, 0.3) is 0 Å². The third kappa shape index (κ3) is 4.54. The molecule has 0 saturated heterocycles. The number of benzene rings is 1. The second-order valence-electron chi connectivity index (χ2n) is 6.65. The molecule has 1 saturated carbocycles. The highest BCUT2D eigenvalue weighted by Gasteiger charge is 2.32. The quantitative estimate of drug-likeness (QED) is 0.744. The van der Waals surface area contributed by atoms with Crippen molar-refractivity contribution in [2.45, 2.75) is 45.8 Å². The van der Waals surface area contributed by atoms with E-state index in [-0.39, 0.29) is 17.9 Å². The van der Waals surface area contributed by atoms with E-state index < -0.39 is 12.1 Å². The summed E-state index contributed by atoms with van der Waals surface area (Å²) in [6, 6.07) is 9.09. The average Bonchev–Trinajstić information content (AvgIpc) is 3.38. The van der Waals surface area contributed by atoms with Gasteiger partial charge in [-0.05, 0) is 32.3 Å². The van der Waals surface area contributed by atoms with E-state index >= 15 is 0 Å². The molecule has 0 bridgehead atoms. The molecule has 27 heavy (non-hydrogen) atoms. The lowest BCUT2D eigenvalue weighted by atomic mass is 10.1. The highest BCUT2D eigenvalue weighted by atomic mass is 32.1. The Bertz CT molecular complexity index is 872. The molecule has 0 unspecified atom stereocenters. The number of hydrogen-bond acceptors (Lipinski definition) is 5. The van der Waals surface area contributed by atoms with Gasteiger partial charge in [-0.2, -0.15) is 0 Å². The summed E-state index contributed by atoms with van der Waals surface area (Å²) in [7, 11) is 0. The van der Waals surface area contributed by atoms with Crippen LogP contribution < -0.4 is 10.6 Å². The number of hydrogen-bond donors (Lipinski definition) is 2. The molecule has 0 aliphatic heterocycles. The third-order valence-corrected chi connectivity index (χ3v) is 5.49. The van der Waals surface area contributed by atoms with E-state index in [2.05, 4.69) is 10.6 Å². The minimum absolute atomic E-state index is 0.155. The summed E-state index contributed by atoms with van der Waals surface area (Å²) in [6.45, 7) is 5.06. The monoisotopic (exact) mass is 386 g/mol. The number of ether oxygens (including phenoxy) is 1. The Morgan fingerprint density at radius 2 is 1.81 bits per heavy atom. The molecular weight excluding hydrogens is 364 g/mol. The van der Waals surface area contributed by atoms with Gasteiger partial charge in [0.25, 0.3) is 5.91 Å². The zero-order valence-corrected chi connectivity index (χ0v) is 16.3. The molecule has 1 fully saturated rings. The number of carbonyl (C=O) groups excluding carboxylic acids is 3.